The van der Waals surface area contributed by atoms with Crippen LogP contribution >= 0.6 is 0 Å². The van der Waals surface area contributed by atoms with Crippen LogP contribution in [0.15, 0.2) is 30.5 Å². The molecule has 6 nitrogen and oxygen atoms in total. The van der Waals surface area contributed by atoms with E-state index in [-0.39, 0.29) is 5.95 Å². The number of nitrogens with zero attached hydrogens (tertiary/aromatic N) is 2. The largest absolute Gasteiger partial charge is 0.495 e. The molecule has 2 rings (SSSR count). The van der Waals surface area contributed by atoms with Gasteiger partial charge in [0.25, 0.3) is 0 Å². The van der Waals surface area contributed by atoms with Crippen molar-refractivity contribution in [2.75, 3.05) is 12.4 Å². The molecule has 22 heavy (non-hydrogen) atoms. The molecule has 116 valence electrons. The third-order valence-corrected chi connectivity index (χ3v) is 2.64. The van der Waals surface area contributed by atoms with Crippen molar-refractivity contribution in [2.24, 2.45) is 0 Å². The molecule has 0 unspecified atom stereocenters. The SMILES string of the molecule is COc1ccccc1Nc1ncc(C(=O)O)c(C(F)(F)F)n1. The normalized spacial score (nSPS) is 11.1. The Hall–Kier alpha value is -2.84. The minimum absolute atomic E-state index is 0.348. The summed E-state index contributed by atoms with van der Waals surface area (Å²) in [7, 11) is 1.40. The molecule has 0 radical (unpaired) electrons. The van der Waals surface area contributed by atoms with Crippen molar-refractivity contribution >= 4 is 17.6 Å². The monoisotopic (exact) mass is 313 g/mol. The van der Waals surface area contributed by atoms with Crippen LogP contribution in [0.4, 0.5) is 24.8 Å². The Morgan fingerprint density at radius 3 is 2.59 bits per heavy atom. The van der Waals surface area contributed by atoms with Crippen LogP contribution < -0.4 is 10.1 Å². The predicted octanol–water partition coefficient (Wildman–Crippen LogP) is 2.95. The first-order valence-corrected chi connectivity index (χ1v) is 5.90. The molecule has 1 aromatic heterocycles. The van der Waals surface area contributed by atoms with Crippen LogP contribution in [0.3, 0.4) is 0 Å². The summed E-state index contributed by atoms with van der Waals surface area (Å²) in [6.45, 7) is 0. The molecule has 0 aliphatic rings. The molecular weight excluding hydrogens is 303 g/mol. The van der Waals surface area contributed by atoms with E-state index >= 15 is 0 Å². The third kappa shape index (κ3) is 3.25. The number of carboxylic acid groups (broad SMARTS) is 1. The maximum atomic E-state index is 12.9. The fourth-order valence-corrected chi connectivity index (χ4v) is 1.68. The second kappa shape index (κ2) is 5.88. The highest BCUT2D eigenvalue weighted by molar-refractivity contribution is 5.88. The zero-order chi connectivity index (χ0) is 16.3. The zero-order valence-electron chi connectivity index (χ0n) is 11.2. The molecule has 1 heterocycles. The predicted molar refractivity (Wildman–Crippen MR) is 70.3 cm³/mol. The number of benzene rings is 1. The number of aromatic nitrogens is 2. The number of methoxy groups -OCH3 is 1. The van der Waals surface area contributed by atoms with Crippen molar-refractivity contribution in [1.82, 2.24) is 9.97 Å². The summed E-state index contributed by atoms with van der Waals surface area (Å²) in [5.74, 6) is -1.76. The maximum absolute atomic E-state index is 12.9. The average molecular weight is 313 g/mol. The number of ether oxygens (including phenoxy) is 1. The van der Waals surface area contributed by atoms with E-state index in [1.54, 1.807) is 24.3 Å². The highest BCUT2D eigenvalue weighted by Crippen LogP contribution is 2.32. The molecular formula is C13H10F3N3O3. The standard InChI is InChI=1S/C13H10F3N3O3/c1-22-9-5-3-2-4-8(9)18-12-17-6-7(11(20)21)10(19-12)13(14,15)16/h2-6H,1H3,(H,20,21)(H,17,18,19). The van der Waals surface area contributed by atoms with Gasteiger partial charge in [-0.25, -0.2) is 14.8 Å². The molecule has 0 bridgehead atoms. The second-order valence-corrected chi connectivity index (χ2v) is 4.08. The Morgan fingerprint density at radius 1 is 1.32 bits per heavy atom. The van der Waals surface area contributed by atoms with Gasteiger partial charge in [0.2, 0.25) is 5.95 Å². The van der Waals surface area contributed by atoms with Crippen molar-refractivity contribution in [3.63, 3.8) is 0 Å². The number of nitrogens with one attached hydrogen (secondary N) is 1. The van der Waals surface area contributed by atoms with E-state index in [2.05, 4.69) is 15.3 Å². The fourth-order valence-electron chi connectivity index (χ4n) is 1.68. The molecule has 0 atom stereocenters. The van der Waals surface area contributed by atoms with Gasteiger partial charge in [0.1, 0.15) is 11.3 Å². The van der Waals surface area contributed by atoms with Gasteiger partial charge in [-0.15, -0.1) is 0 Å². The van der Waals surface area contributed by atoms with Crippen molar-refractivity contribution in [2.45, 2.75) is 6.18 Å². The highest BCUT2D eigenvalue weighted by atomic mass is 19.4. The Balaban J connectivity index is 2.43. The lowest BCUT2D eigenvalue weighted by atomic mass is 10.2. The first-order chi connectivity index (χ1) is 10.3. The summed E-state index contributed by atoms with van der Waals surface area (Å²) in [6.07, 6.45) is -4.30. The van der Waals surface area contributed by atoms with E-state index in [0.717, 1.165) is 0 Å². The van der Waals surface area contributed by atoms with Crippen molar-refractivity contribution < 1.29 is 27.8 Å². The number of rotatable bonds is 4. The molecule has 2 N–H and O–H groups in total. The number of alkyl halides is 3. The molecule has 0 fully saturated rings. The van der Waals surface area contributed by atoms with Gasteiger partial charge in [-0.05, 0) is 12.1 Å². The maximum Gasteiger partial charge on any atom is 0.434 e. The lowest BCUT2D eigenvalue weighted by Gasteiger charge is -2.12. The summed E-state index contributed by atoms with van der Waals surface area (Å²) in [5, 5.41) is 11.3. The van der Waals surface area contributed by atoms with Crippen LogP contribution in [-0.2, 0) is 6.18 Å². The molecule has 0 saturated heterocycles. The Labute approximate surface area is 122 Å². The first-order valence-electron chi connectivity index (χ1n) is 5.90. The number of hydrogen-bond acceptors (Lipinski definition) is 5. The van der Waals surface area contributed by atoms with E-state index in [1.165, 1.54) is 7.11 Å². The van der Waals surface area contributed by atoms with Gasteiger partial charge in [-0.2, -0.15) is 13.2 Å². The Bertz CT molecular complexity index is 704. The van der Waals surface area contributed by atoms with Crippen LogP contribution in [0.25, 0.3) is 0 Å². The summed E-state index contributed by atoms with van der Waals surface area (Å²) in [4.78, 5) is 17.7. The average Bonchev–Trinajstić information content (AvgIpc) is 2.46. The Morgan fingerprint density at radius 2 is 2.00 bits per heavy atom. The third-order valence-electron chi connectivity index (χ3n) is 2.64. The van der Waals surface area contributed by atoms with E-state index < -0.39 is 23.4 Å². The topological polar surface area (TPSA) is 84.3 Å². The number of hydrogen-bond donors (Lipinski definition) is 2. The van der Waals surface area contributed by atoms with Crippen LogP contribution in [0, 0.1) is 0 Å². The zero-order valence-corrected chi connectivity index (χ0v) is 11.2. The van der Waals surface area contributed by atoms with E-state index in [0.29, 0.717) is 17.6 Å². The lowest BCUT2D eigenvalue weighted by molar-refractivity contribution is -0.141. The number of carboxylic acids is 1. The van der Waals surface area contributed by atoms with Crippen LogP contribution in [0.5, 0.6) is 5.75 Å². The summed E-state index contributed by atoms with van der Waals surface area (Å²) in [6, 6.07) is 6.47. The number of carbonyl (C=O) groups is 1. The molecule has 1 aromatic carbocycles. The van der Waals surface area contributed by atoms with Crippen molar-refractivity contribution in [3.05, 3.63) is 41.7 Å². The van der Waals surface area contributed by atoms with Gasteiger partial charge >= 0.3 is 12.1 Å². The molecule has 0 aliphatic heterocycles. The van der Waals surface area contributed by atoms with Gasteiger partial charge in [-0.3, -0.25) is 0 Å². The van der Waals surface area contributed by atoms with Gasteiger partial charge in [0.15, 0.2) is 5.69 Å². The van der Waals surface area contributed by atoms with Crippen molar-refractivity contribution in [1.29, 1.82) is 0 Å². The first kappa shape index (κ1) is 15.5. The number of aromatic carboxylic acids is 1. The molecule has 0 aliphatic carbocycles. The second-order valence-electron chi connectivity index (χ2n) is 4.08. The van der Waals surface area contributed by atoms with Crippen molar-refractivity contribution in [3.8, 4) is 5.75 Å². The Kier molecular flexibility index (Phi) is 4.15. The quantitative estimate of drug-likeness (QED) is 0.903. The van der Waals surface area contributed by atoms with Gasteiger partial charge in [0, 0.05) is 6.20 Å². The summed E-state index contributed by atoms with van der Waals surface area (Å²) < 4.78 is 43.6. The summed E-state index contributed by atoms with van der Waals surface area (Å²) >= 11 is 0. The summed E-state index contributed by atoms with van der Waals surface area (Å²) in [5.41, 5.74) is -2.19. The van der Waals surface area contributed by atoms with Gasteiger partial charge in [-0.1, -0.05) is 12.1 Å². The highest BCUT2D eigenvalue weighted by Gasteiger charge is 2.38. The molecule has 0 amide bonds. The molecule has 0 spiro atoms. The van der Waals surface area contributed by atoms with E-state index in [4.69, 9.17) is 9.84 Å². The van der Waals surface area contributed by atoms with Crippen LogP contribution in [-0.4, -0.2) is 28.2 Å². The van der Waals surface area contributed by atoms with E-state index in [9.17, 15) is 18.0 Å². The molecule has 2 aromatic rings. The molecule has 0 saturated carbocycles. The number of anilines is 2. The number of halogens is 3. The smallest absolute Gasteiger partial charge is 0.434 e. The van der Waals surface area contributed by atoms with Crippen LogP contribution in [0.2, 0.25) is 0 Å². The van der Waals surface area contributed by atoms with Gasteiger partial charge in [0.05, 0.1) is 12.8 Å². The van der Waals surface area contributed by atoms with Crippen LogP contribution in [0.1, 0.15) is 16.1 Å². The number of para-hydroxylation sites is 2. The fraction of sp³-hybridized carbons (Fsp3) is 0.154. The minimum atomic E-state index is -4.91. The molecule has 9 heteroatoms. The van der Waals surface area contributed by atoms with Gasteiger partial charge < -0.3 is 15.2 Å². The minimum Gasteiger partial charge on any atom is -0.495 e. The van der Waals surface area contributed by atoms with E-state index in [1.807, 2.05) is 0 Å². The lowest BCUT2D eigenvalue weighted by Crippen LogP contribution is -2.17.